The van der Waals surface area contributed by atoms with Crippen molar-refractivity contribution in [2.24, 2.45) is 0 Å². The number of non-ortho nitro benzene ring substituents is 2. The fourth-order valence-electron chi connectivity index (χ4n) is 2.14. The van der Waals surface area contributed by atoms with E-state index in [0.29, 0.717) is 0 Å². The van der Waals surface area contributed by atoms with E-state index in [1.165, 1.54) is 24.3 Å². The molecule has 0 atom stereocenters. The second-order valence-corrected chi connectivity index (χ2v) is 3.97. The maximum Gasteiger partial charge on any atom is 0.270 e. The van der Waals surface area contributed by atoms with Crippen LogP contribution < -0.4 is 0 Å². The molecular weight excluding hydrogens is 236 g/mol. The Labute approximate surface area is 101 Å². The molecule has 88 valence electrons. The lowest BCUT2D eigenvalue weighted by Crippen LogP contribution is -2.01. The Bertz CT molecular complexity index is 633. The van der Waals surface area contributed by atoms with Crippen LogP contribution >= 0.6 is 0 Å². The first-order valence-electron chi connectivity index (χ1n) is 5.15. The van der Waals surface area contributed by atoms with Gasteiger partial charge in [-0.05, 0) is 34.4 Å². The van der Waals surface area contributed by atoms with Crippen LogP contribution in [-0.4, -0.2) is 9.85 Å². The summed E-state index contributed by atoms with van der Waals surface area (Å²) in [6, 6.07) is 9.03. The molecule has 1 aliphatic carbocycles. The van der Waals surface area contributed by atoms with E-state index in [0.717, 1.165) is 22.3 Å². The van der Waals surface area contributed by atoms with Crippen LogP contribution in [0.3, 0.4) is 0 Å². The van der Waals surface area contributed by atoms with E-state index in [1.54, 1.807) is 12.1 Å². The summed E-state index contributed by atoms with van der Waals surface area (Å²) < 4.78 is 0. The lowest BCUT2D eigenvalue weighted by Gasteiger charge is -2.22. The molecule has 0 N–H and O–H groups in total. The van der Waals surface area contributed by atoms with Gasteiger partial charge in [-0.1, -0.05) is 0 Å². The van der Waals surface area contributed by atoms with Crippen LogP contribution in [-0.2, 0) is 0 Å². The van der Waals surface area contributed by atoms with Gasteiger partial charge in [0.15, 0.2) is 0 Å². The molecule has 0 saturated heterocycles. The first-order valence-corrected chi connectivity index (χ1v) is 5.15. The number of benzene rings is 2. The topological polar surface area (TPSA) is 86.3 Å². The standard InChI is InChI=1S/C12H6N2O4/c15-13(16)7-1-3-9-11(5-7)10-4-2-8(14(17)18)6-12(9)10/h1-6H. The van der Waals surface area contributed by atoms with Crippen molar-refractivity contribution in [3.8, 4) is 22.3 Å². The quantitative estimate of drug-likeness (QED) is 0.510. The maximum absolute atomic E-state index is 10.7. The normalized spacial score (nSPS) is 11.1. The van der Waals surface area contributed by atoms with E-state index >= 15 is 0 Å². The number of nitrogens with zero attached hydrogens (tertiary/aromatic N) is 2. The summed E-state index contributed by atoms with van der Waals surface area (Å²) in [5.41, 5.74) is 3.23. The van der Waals surface area contributed by atoms with Crippen molar-refractivity contribution in [3.05, 3.63) is 56.6 Å². The van der Waals surface area contributed by atoms with Crippen molar-refractivity contribution < 1.29 is 9.85 Å². The molecule has 0 aliphatic heterocycles. The molecular formula is C12H6N2O4. The predicted octanol–water partition coefficient (Wildman–Crippen LogP) is 3.15. The van der Waals surface area contributed by atoms with E-state index in [4.69, 9.17) is 0 Å². The van der Waals surface area contributed by atoms with Crippen LogP contribution in [0.5, 0.6) is 0 Å². The summed E-state index contributed by atoms with van der Waals surface area (Å²) in [5, 5.41) is 21.3. The number of hydrogen-bond acceptors (Lipinski definition) is 4. The second-order valence-electron chi connectivity index (χ2n) is 3.97. The molecule has 0 unspecified atom stereocenters. The smallest absolute Gasteiger partial charge is 0.258 e. The fraction of sp³-hybridized carbons (Fsp3) is 0. The van der Waals surface area contributed by atoms with Crippen LogP contribution in [0.1, 0.15) is 0 Å². The summed E-state index contributed by atoms with van der Waals surface area (Å²) in [4.78, 5) is 20.4. The number of nitro groups is 2. The third kappa shape index (κ3) is 1.29. The van der Waals surface area contributed by atoms with Gasteiger partial charge in [0.25, 0.3) is 11.4 Å². The highest BCUT2D eigenvalue weighted by Gasteiger charge is 2.26. The van der Waals surface area contributed by atoms with Crippen molar-refractivity contribution in [3.63, 3.8) is 0 Å². The molecule has 6 nitrogen and oxygen atoms in total. The van der Waals surface area contributed by atoms with Crippen LogP contribution in [0.25, 0.3) is 22.3 Å². The summed E-state index contributed by atoms with van der Waals surface area (Å²) >= 11 is 0. The van der Waals surface area contributed by atoms with Crippen molar-refractivity contribution in [1.82, 2.24) is 0 Å². The average Bonchev–Trinajstić information content (AvgIpc) is 2.34. The van der Waals surface area contributed by atoms with Crippen LogP contribution in [0.2, 0.25) is 0 Å². The Morgan fingerprint density at radius 1 is 0.667 bits per heavy atom. The molecule has 0 amide bonds. The molecule has 0 spiro atoms. The van der Waals surface area contributed by atoms with Crippen molar-refractivity contribution >= 4 is 11.4 Å². The van der Waals surface area contributed by atoms with Crippen LogP contribution in [0.4, 0.5) is 11.4 Å². The Hall–Kier alpha value is -2.76. The SMILES string of the molecule is O=[N+]([O-])c1ccc2c(c1)-c1ccc([N+](=O)[O-])cc1-2. The van der Waals surface area contributed by atoms with E-state index in [9.17, 15) is 20.2 Å². The van der Waals surface area contributed by atoms with Crippen LogP contribution in [0.15, 0.2) is 36.4 Å². The lowest BCUT2D eigenvalue weighted by molar-refractivity contribution is -0.384. The first kappa shape index (κ1) is 10.4. The highest BCUT2D eigenvalue weighted by molar-refractivity contribution is 6.03. The van der Waals surface area contributed by atoms with Gasteiger partial charge in [-0.3, -0.25) is 20.2 Å². The Kier molecular flexibility index (Phi) is 1.94. The van der Waals surface area contributed by atoms with Crippen LogP contribution in [0, 0.1) is 20.2 Å². The molecule has 0 heterocycles. The molecule has 18 heavy (non-hydrogen) atoms. The Balaban J connectivity index is 2.11. The second kappa shape index (κ2) is 3.36. The number of nitro benzene ring substituents is 2. The van der Waals surface area contributed by atoms with E-state index < -0.39 is 9.85 Å². The Morgan fingerprint density at radius 3 is 1.39 bits per heavy atom. The highest BCUT2D eigenvalue weighted by Crippen LogP contribution is 2.49. The Morgan fingerprint density at radius 2 is 1.06 bits per heavy atom. The first-order chi connectivity index (χ1) is 8.58. The molecule has 1 aliphatic rings. The van der Waals surface area contributed by atoms with Crippen molar-refractivity contribution in [1.29, 1.82) is 0 Å². The number of hydrogen-bond donors (Lipinski definition) is 0. The van der Waals surface area contributed by atoms with E-state index in [-0.39, 0.29) is 11.4 Å². The average molecular weight is 242 g/mol. The molecule has 0 bridgehead atoms. The summed E-state index contributed by atoms with van der Waals surface area (Å²) in [6.45, 7) is 0. The molecule has 3 rings (SSSR count). The van der Waals surface area contributed by atoms with Gasteiger partial charge in [0.2, 0.25) is 0 Å². The minimum atomic E-state index is -0.455. The molecule has 2 aromatic carbocycles. The maximum atomic E-state index is 10.7. The number of rotatable bonds is 2. The van der Waals surface area contributed by atoms with Gasteiger partial charge in [0, 0.05) is 24.3 Å². The molecule has 0 saturated carbocycles. The summed E-state index contributed by atoms with van der Waals surface area (Å²) in [5.74, 6) is 0. The molecule has 2 aromatic rings. The van der Waals surface area contributed by atoms with Crippen molar-refractivity contribution in [2.45, 2.75) is 0 Å². The zero-order chi connectivity index (χ0) is 12.9. The molecule has 0 fully saturated rings. The highest BCUT2D eigenvalue weighted by atomic mass is 16.6. The molecule has 0 radical (unpaired) electrons. The lowest BCUT2D eigenvalue weighted by atomic mass is 9.80. The van der Waals surface area contributed by atoms with Gasteiger partial charge in [-0.25, -0.2) is 0 Å². The minimum absolute atomic E-state index is 0.0257. The van der Waals surface area contributed by atoms with Gasteiger partial charge in [0.05, 0.1) is 9.85 Å². The van der Waals surface area contributed by atoms with Gasteiger partial charge in [-0.15, -0.1) is 0 Å². The summed E-state index contributed by atoms with van der Waals surface area (Å²) in [6.07, 6.45) is 0. The van der Waals surface area contributed by atoms with Gasteiger partial charge in [0.1, 0.15) is 0 Å². The monoisotopic (exact) mass is 242 g/mol. The fourth-order valence-corrected chi connectivity index (χ4v) is 2.14. The van der Waals surface area contributed by atoms with Gasteiger partial charge < -0.3 is 0 Å². The van der Waals surface area contributed by atoms with E-state index in [1.807, 2.05) is 0 Å². The van der Waals surface area contributed by atoms with E-state index in [2.05, 4.69) is 0 Å². The van der Waals surface area contributed by atoms with Crippen molar-refractivity contribution in [2.75, 3.05) is 0 Å². The predicted molar refractivity (Wildman–Crippen MR) is 64.2 cm³/mol. The third-order valence-corrected chi connectivity index (χ3v) is 3.01. The molecule has 6 heteroatoms. The van der Waals surface area contributed by atoms with Gasteiger partial charge in [-0.2, -0.15) is 0 Å². The largest absolute Gasteiger partial charge is 0.270 e. The zero-order valence-electron chi connectivity index (χ0n) is 8.99. The minimum Gasteiger partial charge on any atom is -0.258 e. The third-order valence-electron chi connectivity index (χ3n) is 3.01. The van der Waals surface area contributed by atoms with Gasteiger partial charge >= 0.3 is 0 Å². The zero-order valence-corrected chi connectivity index (χ0v) is 8.99. The molecule has 0 aromatic heterocycles. The number of fused-ring (bicyclic) bond motifs is 4. The summed E-state index contributed by atoms with van der Waals surface area (Å²) in [7, 11) is 0.